The Balaban J connectivity index is 1.86. The number of halogens is 1. The zero-order chi connectivity index (χ0) is 13.0. The van der Waals surface area contributed by atoms with Gasteiger partial charge in [-0.1, -0.05) is 36.6 Å². The number of aliphatic hydroxyl groups excluding tert-OH is 1. The Hall–Kier alpha value is -1.06. The van der Waals surface area contributed by atoms with Crippen molar-refractivity contribution in [2.45, 2.75) is 44.2 Å². The van der Waals surface area contributed by atoms with Gasteiger partial charge in [-0.2, -0.15) is 0 Å². The predicted octanol–water partition coefficient (Wildman–Crippen LogP) is 2.30. The van der Waals surface area contributed by atoms with Crippen LogP contribution in [0.4, 0.5) is 0 Å². The summed E-state index contributed by atoms with van der Waals surface area (Å²) in [5.74, 6) is -0.0386. The van der Waals surface area contributed by atoms with Crippen molar-refractivity contribution < 1.29 is 9.90 Å². The molecule has 2 N–H and O–H groups in total. The smallest absolute Gasteiger partial charge is 0.224 e. The standard InChI is InChI=1S/C14H18ClNO2/c15-11-7-5-10(6-8-11)9-14(18)16-12-3-1-2-4-13(12)17/h5-8,12-13,17H,1-4,9H2,(H,16,18)/t12-,13-/m0/s1. The minimum Gasteiger partial charge on any atom is -0.391 e. The van der Waals surface area contributed by atoms with E-state index in [0.29, 0.717) is 11.4 Å². The summed E-state index contributed by atoms with van der Waals surface area (Å²) >= 11 is 5.79. The monoisotopic (exact) mass is 267 g/mol. The molecule has 4 heteroatoms. The van der Waals surface area contributed by atoms with Crippen molar-refractivity contribution >= 4 is 17.5 Å². The Morgan fingerprint density at radius 2 is 1.94 bits per heavy atom. The lowest BCUT2D eigenvalue weighted by Gasteiger charge is -2.28. The third-order valence-electron chi connectivity index (χ3n) is 3.35. The van der Waals surface area contributed by atoms with Crippen LogP contribution in [0.5, 0.6) is 0 Å². The molecule has 1 fully saturated rings. The van der Waals surface area contributed by atoms with Crippen LogP contribution in [0.1, 0.15) is 31.2 Å². The van der Waals surface area contributed by atoms with Gasteiger partial charge in [0, 0.05) is 5.02 Å². The van der Waals surface area contributed by atoms with Gasteiger partial charge in [-0.3, -0.25) is 4.79 Å². The number of hydrogen-bond donors (Lipinski definition) is 2. The minimum atomic E-state index is -0.395. The molecule has 0 saturated heterocycles. The molecule has 1 aromatic carbocycles. The normalized spacial score (nSPS) is 23.7. The van der Waals surface area contributed by atoms with Gasteiger partial charge in [-0.15, -0.1) is 0 Å². The third-order valence-corrected chi connectivity index (χ3v) is 3.61. The number of carbonyl (C=O) groups excluding carboxylic acids is 1. The molecule has 2 rings (SSSR count). The molecule has 0 radical (unpaired) electrons. The second-order valence-corrected chi connectivity index (χ2v) is 5.27. The molecule has 18 heavy (non-hydrogen) atoms. The van der Waals surface area contributed by atoms with E-state index >= 15 is 0 Å². The zero-order valence-electron chi connectivity index (χ0n) is 10.2. The molecule has 0 bridgehead atoms. The van der Waals surface area contributed by atoms with Gasteiger partial charge < -0.3 is 10.4 Å². The average Bonchev–Trinajstić information content (AvgIpc) is 2.35. The largest absolute Gasteiger partial charge is 0.391 e. The lowest BCUT2D eigenvalue weighted by atomic mass is 9.92. The molecular weight excluding hydrogens is 250 g/mol. The van der Waals surface area contributed by atoms with Gasteiger partial charge in [0.15, 0.2) is 0 Å². The summed E-state index contributed by atoms with van der Waals surface area (Å²) in [5, 5.41) is 13.4. The first-order chi connectivity index (χ1) is 8.65. The molecule has 98 valence electrons. The third kappa shape index (κ3) is 3.72. The zero-order valence-corrected chi connectivity index (χ0v) is 11.0. The summed E-state index contributed by atoms with van der Waals surface area (Å²) in [6, 6.07) is 7.16. The number of benzene rings is 1. The molecule has 3 nitrogen and oxygen atoms in total. The van der Waals surface area contributed by atoms with Gasteiger partial charge in [0.2, 0.25) is 5.91 Å². The van der Waals surface area contributed by atoms with E-state index in [1.807, 2.05) is 12.1 Å². The van der Waals surface area contributed by atoms with Crippen molar-refractivity contribution in [3.8, 4) is 0 Å². The van der Waals surface area contributed by atoms with Gasteiger partial charge in [-0.05, 0) is 30.5 Å². The molecule has 1 aliphatic rings. The first-order valence-corrected chi connectivity index (χ1v) is 6.75. The van der Waals surface area contributed by atoms with E-state index in [1.165, 1.54) is 0 Å². The Bertz CT molecular complexity index is 405. The molecule has 0 spiro atoms. The highest BCUT2D eigenvalue weighted by molar-refractivity contribution is 6.30. The maximum absolute atomic E-state index is 11.9. The van der Waals surface area contributed by atoms with Crippen LogP contribution < -0.4 is 5.32 Å². The van der Waals surface area contributed by atoms with Crippen LogP contribution >= 0.6 is 11.6 Å². The molecule has 2 atom stereocenters. The molecular formula is C14H18ClNO2. The Morgan fingerprint density at radius 3 is 2.61 bits per heavy atom. The number of rotatable bonds is 3. The van der Waals surface area contributed by atoms with E-state index in [2.05, 4.69) is 5.32 Å². The van der Waals surface area contributed by atoms with Crippen molar-refractivity contribution in [1.82, 2.24) is 5.32 Å². The summed E-state index contributed by atoms with van der Waals surface area (Å²) in [6.45, 7) is 0. The Kier molecular flexibility index (Phi) is 4.61. The van der Waals surface area contributed by atoms with E-state index in [-0.39, 0.29) is 11.9 Å². The lowest BCUT2D eigenvalue weighted by molar-refractivity contribution is -0.122. The van der Waals surface area contributed by atoms with Gasteiger partial charge in [0.1, 0.15) is 0 Å². The number of amides is 1. The Labute approximate surface area is 112 Å². The highest BCUT2D eigenvalue weighted by Gasteiger charge is 2.24. The molecule has 0 aliphatic heterocycles. The molecule has 1 aromatic rings. The second-order valence-electron chi connectivity index (χ2n) is 4.83. The highest BCUT2D eigenvalue weighted by Crippen LogP contribution is 2.18. The first kappa shape index (κ1) is 13.4. The topological polar surface area (TPSA) is 49.3 Å². The molecule has 1 amide bonds. The number of carbonyl (C=O) groups is 1. The molecule has 1 saturated carbocycles. The summed E-state index contributed by atoms with van der Waals surface area (Å²) in [6.07, 6.45) is 3.71. The highest BCUT2D eigenvalue weighted by atomic mass is 35.5. The van der Waals surface area contributed by atoms with Crippen LogP contribution in [0.25, 0.3) is 0 Å². The van der Waals surface area contributed by atoms with Crippen LogP contribution in [0, 0.1) is 0 Å². The van der Waals surface area contributed by atoms with Crippen molar-refractivity contribution in [3.05, 3.63) is 34.9 Å². The maximum Gasteiger partial charge on any atom is 0.224 e. The summed E-state index contributed by atoms with van der Waals surface area (Å²) in [5.41, 5.74) is 0.933. The van der Waals surface area contributed by atoms with Crippen LogP contribution in [0.15, 0.2) is 24.3 Å². The van der Waals surface area contributed by atoms with Crippen LogP contribution in [-0.2, 0) is 11.2 Å². The van der Waals surface area contributed by atoms with Gasteiger partial charge in [-0.25, -0.2) is 0 Å². The quantitative estimate of drug-likeness (QED) is 0.883. The fraction of sp³-hybridized carbons (Fsp3) is 0.500. The van der Waals surface area contributed by atoms with Crippen LogP contribution in [0.3, 0.4) is 0 Å². The van der Waals surface area contributed by atoms with Gasteiger partial charge in [0.05, 0.1) is 18.6 Å². The number of aliphatic hydroxyl groups is 1. The number of hydrogen-bond acceptors (Lipinski definition) is 2. The van der Waals surface area contributed by atoms with Crippen molar-refractivity contribution in [3.63, 3.8) is 0 Å². The van der Waals surface area contributed by atoms with E-state index in [9.17, 15) is 9.90 Å². The lowest BCUT2D eigenvalue weighted by Crippen LogP contribution is -2.45. The fourth-order valence-corrected chi connectivity index (χ4v) is 2.45. The van der Waals surface area contributed by atoms with Gasteiger partial charge in [0.25, 0.3) is 0 Å². The second kappa shape index (κ2) is 6.21. The number of nitrogens with one attached hydrogen (secondary N) is 1. The molecule has 1 aliphatic carbocycles. The first-order valence-electron chi connectivity index (χ1n) is 6.37. The van der Waals surface area contributed by atoms with Crippen LogP contribution in [0.2, 0.25) is 5.02 Å². The molecule has 0 aromatic heterocycles. The predicted molar refractivity (Wildman–Crippen MR) is 71.6 cm³/mol. The average molecular weight is 268 g/mol. The van der Waals surface area contributed by atoms with Crippen molar-refractivity contribution in [1.29, 1.82) is 0 Å². The van der Waals surface area contributed by atoms with E-state index in [4.69, 9.17) is 11.6 Å². The maximum atomic E-state index is 11.9. The summed E-state index contributed by atoms with van der Waals surface area (Å²) in [4.78, 5) is 11.9. The van der Waals surface area contributed by atoms with Crippen LogP contribution in [-0.4, -0.2) is 23.2 Å². The Morgan fingerprint density at radius 1 is 1.28 bits per heavy atom. The fourth-order valence-electron chi connectivity index (χ4n) is 2.33. The van der Waals surface area contributed by atoms with E-state index < -0.39 is 6.10 Å². The molecule has 0 unspecified atom stereocenters. The molecule has 0 heterocycles. The van der Waals surface area contributed by atoms with Crippen molar-refractivity contribution in [2.75, 3.05) is 0 Å². The summed E-state index contributed by atoms with van der Waals surface area (Å²) < 4.78 is 0. The summed E-state index contributed by atoms with van der Waals surface area (Å²) in [7, 11) is 0. The SMILES string of the molecule is O=C(Cc1ccc(Cl)cc1)N[C@H]1CCCC[C@@H]1O. The van der Waals surface area contributed by atoms with E-state index in [0.717, 1.165) is 31.2 Å². The minimum absolute atomic E-state index is 0.0386. The van der Waals surface area contributed by atoms with Crippen molar-refractivity contribution in [2.24, 2.45) is 0 Å². The van der Waals surface area contributed by atoms with E-state index in [1.54, 1.807) is 12.1 Å². The van der Waals surface area contributed by atoms with Gasteiger partial charge >= 0.3 is 0 Å².